The van der Waals surface area contributed by atoms with Crippen molar-refractivity contribution in [2.45, 2.75) is 13.8 Å². The minimum Gasteiger partial charge on any atom is -0.383 e. The molecule has 0 saturated carbocycles. The Hall–Kier alpha value is -3.90. The summed E-state index contributed by atoms with van der Waals surface area (Å²) in [6.07, 6.45) is 0. The van der Waals surface area contributed by atoms with Crippen molar-refractivity contribution < 1.29 is 4.79 Å². The van der Waals surface area contributed by atoms with Crippen molar-refractivity contribution in [3.8, 4) is 5.69 Å². The number of aromatic nitrogens is 3. The largest absolute Gasteiger partial charge is 0.383 e. The summed E-state index contributed by atoms with van der Waals surface area (Å²) < 4.78 is 1.95. The molecule has 0 bridgehead atoms. The van der Waals surface area contributed by atoms with Crippen molar-refractivity contribution in [2.75, 3.05) is 11.1 Å². The summed E-state index contributed by atoms with van der Waals surface area (Å²) in [6.45, 7) is 4.02. The van der Waals surface area contributed by atoms with Gasteiger partial charge in [-0.3, -0.25) is 9.36 Å². The van der Waals surface area contributed by atoms with Gasteiger partial charge in [0.05, 0.1) is 10.9 Å². The number of hydrogen-bond donors (Lipinski definition) is 2. The van der Waals surface area contributed by atoms with Crippen LogP contribution in [0, 0.1) is 13.8 Å². The summed E-state index contributed by atoms with van der Waals surface area (Å²) in [5.41, 5.74) is 11.5. The highest BCUT2D eigenvalue weighted by Gasteiger charge is 2.20. The zero-order chi connectivity index (χ0) is 22.4. The molecule has 0 aliphatic rings. The third kappa shape index (κ3) is 3.35. The van der Waals surface area contributed by atoms with Crippen LogP contribution in [0.5, 0.6) is 0 Å². The lowest BCUT2D eigenvalue weighted by atomic mass is 10.1. The van der Waals surface area contributed by atoms with E-state index in [2.05, 4.69) is 15.3 Å². The summed E-state index contributed by atoms with van der Waals surface area (Å²) in [6, 6.07) is 21.0. The third-order valence-corrected chi connectivity index (χ3v) is 5.81. The Morgan fingerprint density at radius 2 is 1.78 bits per heavy atom. The maximum absolute atomic E-state index is 13.0. The van der Waals surface area contributed by atoms with E-state index >= 15 is 0 Å². The quantitative estimate of drug-likeness (QED) is 0.377. The Morgan fingerprint density at radius 1 is 0.969 bits per heavy atom. The summed E-state index contributed by atoms with van der Waals surface area (Å²) >= 11 is 6.26. The molecule has 5 rings (SSSR count). The van der Waals surface area contributed by atoms with Gasteiger partial charge in [-0.05, 0) is 61.4 Å². The molecule has 0 radical (unpaired) electrons. The first-order valence-corrected chi connectivity index (χ1v) is 10.5. The minimum absolute atomic E-state index is 0.000637. The van der Waals surface area contributed by atoms with Crippen LogP contribution in [-0.4, -0.2) is 20.4 Å². The van der Waals surface area contributed by atoms with Crippen LogP contribution in [0.25, 0.3) is 27.6 Å². The Labute approximate surface area is 189 Å². The predicted octanol–water partition coefficient (Wildman–Crippen LogP) is 5.68. The summed E-state index contributed by atoms with van der Waals surface area (Å²) in [4.78, 5) is 22.0. The first kappa shape index (κ1) is 20.0. The molecule has 3 N–H and O–H groups in total. The fourth-order valence-corrected chi connectivity index (χ4v) is 4.05. The van der Waals surface area contributed by atoms with Gasteiger partial charge in [0, 0.05) is 21.8 Å². The number of anilines is 2. The Kier molecular flexibility index (Phi) is 4.79. The van der Waals surface area contributed by atoms with Gasteiger partial charge in [-0.25, -0.2) is 9.97 Å². The van der Waals surface area contributed by atoms with Crippen LogP contribution in [0.1, 0.15) is 21.7 Å². The molecule has 5 aromatic rings. The second-order valence-corrected chi connectivity index (χ2v) is 8.15. The van der Waals surface area contributed by atoms with Gasteiger partial charge in [-0.15, -0.1) is 0 Å². The lowest BCUT2D eigenvalue weighted by Crippen LogP contribution is -2.17. The molecule has 0 spiro atoms. The van der Waals surface area contributed by atoms with Gasteiger partial charge >= 0.3 is 0 Å². The van der Waals surface area contributed by atoms with Crippen molar-refractivity contribution in [3.05, 3.63) is 88.7 Å². The van der Waals surface area contributed by atoms with E-state index in [-0.39, 0.29) is 11.6 Å². The van der Waals surface area contributed by atoms with Gasteiger partial charge < -0.3 is 11.1 Å². The smallest absolute Gasteiger partial charge is 0.293 e. The van der Waals surface area contributed by atoms with Gasteiger partial charge in [0.25, 0.3) is 5.91 Å². The van der Waals surface area contributed by atoms with Gasteiger partial charge in [-0.2, -0.15) is 0 Å². The number of aryl methyl sites for hydroxylation is 2. The number of amides is 1. The number of carbonyl (C=O) groups excluding carboxylic acids is 1. The van der Waals surface area contributed by atoms with Crippen LogP contribution in [0.4, 0.5) is 11.5 Å². The number of nitrogen functional groups attached to an aromatic ring is 1. The average Bonchev–Trinajstić information content (AvgIpc) is 3.11. The molecule has 2 aromatic heterocycles. The van der Waals surface area contributed by atoms with Crippen molar-refractivity contribution in [1.29, 1.82) is 0 Å². The first-order valence-electron chi connectivity index (χ1n) is 10.1. The molecule has 6 nitrogen and oxygen atoms in total. The van der Waals surface area contributed by atoms with Crippen molar-refractivity contribution in [2.24, 2.45) is 0 Å². The molecule has 2 heterocycles. The number of carbonyl (C=O) groups is 1. The number of hydrogen-bond acceptors (Lipinski definition) is 4. The Balaban J connectivity index is 1.69. The number of nitrogens with zero attached hydrogens (tertiary/aromatic N) is 3. The molecule has 3 aromatic carbocycles. The van der Waals surface area contributed by atoms with E-state index in [1.807, 2.05) is 85.1 Å². The van der Waals surface area contributed by atoms with E-state index in [1.54, 1.807) is 0 Å². The highest BCUT2D eigenvalue weighted by Crippen LogP contribution is 2.34. The van der Waals surface area contributed by atoms with Gasteiger partial charge in [-0.1, -0.05) is 41.9 Å². The van der Waals surface area contributed by atoms with Crippen molar-refractivity contribution >= 4 is 50.9 Å². The molecule has 0 aliphatic heterocycles. The molecule has 0 fully saturated rings. The molecule has 0 unspecified atom stereocenters. The fourth-order valence-electron chi connectivity index (χ4n) is 3.86. The molecule has 0 atom stereocenters. The molecular formula is C25H20ClN5O. The summed E-state index contributed by atoms with van der Waals surface area (Å²) in [5.74, 6) is -0.179. The molecule has 0 aliphatic carbocycles. The zero-order valence-corrected chi connectivity index (χ0v) is 18.3. The molecule has 0 saturated heterocycles. The van der Waals surface area contributed by atoms with E-state index in [4.69, 9.17) is 17.3 Å². The monoisotopic (exact) mass is 441 g/mol. The second-order valence-electron chi connectivity index (χ2n) is 7.72. The number of nitrogens with two attached hydrogens (primary N) is 1. The fraction of sp³-hybridized carbons (Fsp3) is 0.0800. The second kappa shape index (κ2) is 7.66. The highest BCUT2D eigenvalue weighted by molar-refractivity contribution is 6.30. The number of rotatable bonds is 3. The van der Waals surface area contributed by atoms with Crippen molar-refractivity contribution in [1.82, 2.24) is 14.5 Å². The van der Waals surface area contributed by atoms with Crippen molar-refractivity contribution in [3.63, 3.8) is 0 Å². The van der Waals surface area contributed by atoms with Gasteiger partial charge in [0.2, 0.25) is 5.82 Å². The van der Waals surface area contributed by atoms with E-state index in [0.29, 0.717) is 21.7 Å². The Bertz CT molecular complexity index is 1520. The van der Waals surface area contributed by atoms with E-state index < -0.39 is 5.91 Å². The normalized spacial score (nSPS) is 11.2. The van der Waals surface area contributed by atoms with Crippen LogP contribution >= 0.6 is 11.6 Å². The van der Waals surface area contributed by atoms with E-state index in [0.717, 1.165) is 27.7 Å². The van der Waals surface area contributed by atoms with Gasteiger partial charge in [0.1, 0.15) is 5.82 Å². The lowest BCUT2D eigenvalue weighted by molar-refractivity contribution is 0.101. The predicted molar refractivity (Wildman–Crippen MR) is 130 cm³/mol. The zero-order valence-electron chi connectivity index (χ0n) is 17.6. The maximum Gasteiger partial charge on any atom is 0.293 e. The molecule has 7 heteroatoms. The van der Waals surface area contributed by atoms with Crippen LogP contribution in [0.3, 0.4) is 0 Å². The highest BCUT2D eigenvalue weighted by atomic mass is 35.5. The van der Waals surface area contributed by atoms with Crippen LogP contribution in [0.15, 0.2) is 66.7 Å². The standard InChI is InChI=1S/C25H20ClN5O/c1-14-10-11-17(12-15(14)2)28-25(32)23-29-22(27)21-19-8-3-4-9-20(19)31(24(21)30-23)18-7-5-6-16(26)13-18/h3-13H,1-2H3,(H,28,32)(H2,27,29,30). The van der Waals surface area contributed by atoms with E-state index in [1.165, 1.54) is 0 Å². The maximum atomic E-state index is 13.0. The molecular weight excluding hydrogens is 422 g/mol. The van der Waals surface area contributed by atoms with Crippen LogP contribution in [0.2, 0.25) is 5.02 Å². The molecule has 1 amide bonds. The average molecular weight is 442 g/mol. The van der Waals surface area contributed by atoms with Gasteiger partial charge in [0.15, 0.2) is 5.65 Å². The summed E-state index contributed by atoms with van der Waals surface area (Å²) in [7, 11) is 0. The SMILES string of the molecule is Cc1ccc(NC(=O)c2nc(N)c3c4ccccc4n(-c4cccc(Cl)c4)c3n2)cc1C. The topological polar surface area (TPSA) is 85.8 Å². The van der Waals surface area contributed by atoms with Crippen LogP contribution < -0.4 is 11.1 Å². The number of benzene rings is 3. The molecule has 32 heavy (non-hydrogen) atoms. The minimum atomic E-state index is -0.426. The van der Waals surface area contributed by atoms with E-state index in [9.17, 15) is 4.79 Å². The molecule has 158 valence electrons. The third-order valence-electron chi connectivity index (χ3n) is 5.58. The first-order chi connectivity index (χ1) is 15.4. The summed E-state index contributed by atoms with van der Waals surface area (Å²) in [5, 5.41) is 5.07. The number of halogens is 1. The number of fused-ring (bicyclic) bond motifs is 3. The lowest BCUT2D eigenvalue weighted by Gasteiger charge is -2.10. The number of para-hydroxylation sites is 1. The van der Waals surface area contributed by atoms with Crippen LogP contribution in [-0.2, 0) is 0 Å². The Morgan fingerprint density at radius 3 is 2.56 bits per heavy atom. The number of nitrogens with one attached hydrogen (secondary N) is 1.